The fraction of sp³-hybridized carbons (Fsp3) is 0.850. The smallest absolute Gasteiger partial charge is 0.190 e. The largest absolute Gasteiger partial charge is 0.381 e. The molecule has 3 rings (SSSR count). The molecule has 1 fully saturated rings. The van der Waals surface area contributed by atoms with Crippen LogP contribution in [0, 0.1) is 5.92 Å². The standard InChI is InChI=1S/C20H36N6O2/c1-21-20(22-10-5-13-28-16-17-8-14-27-15-9-17)23-11-7-19-25-24-18-6-3-2-4-12-26(18)19/h17H,2-16H2,1H3,(H2,21,22,23). The normalized spacial score (nSPS) is 18.5. The van der Waals surface area contributed by atoms with Crippen LogP contribution >= 0.6 is 0 Å². The van der Waals surface area contributed by atoms with E-state index in [1.807, 2.05) is 0 Å². The van der Waals surface area contributed by atoms with E-state index < -0.39 is 0 Å². The van der Waals surface area contributed by atoms with E-state index in [-0.39, 0.29) is 0 Å². The molecule has 0 aliphatic carbocycles. The number of aliphatic imine (C=N–C) groups is 1. The van der Waals surface area contributed by atoms with Gasteiger partial charge in [0.05, 0.1) is 0 Å². The molecule has 0 spiro atoms. The van der Waals surface area contributed by atoms with Gasteiger partial charge in [0, 0.05) is 66.0 Å². The molecule has 8 nitrogen and oxygen atoms in total. The lowest BCUT2D eigenvalue weighted by Gasteiger charge is -2.21. The molecule has 0 radical (unpaired) electrons. The minimum Gasteiger partial charge on any atom is -0.381 e. The van der Waals surface area contributed by atoms with Gasteiger partial charge in [0.1, 0.15) is 11.6 Å². The second kappa shape index (κ2) is 12.0. The van der Waals surface area contributed by atoms with Crippen molar-refractivity contribution in [3.63, 3.8) is 0 Å². The van der Waals surface area contributed by atoms with Crippen molar-refractivity contribution in [2.24, 2.45) is 10.9 Å². The molecule has 158 valence electrons. The van der Waals surface area contributed by atoms with Gasteiger partial charge in [-0.2, -0.15) is 0 Å². The van der Waals surface area contributed by atoms with Gasteiger partial charge in [-0.25, -0.2) is 0 Å². The lowest BCUT2D eigenvalue weighted by molar-refractivity contribution is 0.0203. The van der Waals surface area contributed by atoms with E-state index in [1.54, 1.807) is 7.05 Å². The van der Waals surface area contributed by atoms with E-state index in [2.05, 4.69) is 30.4 Å². The summed E-state index contributed by atoms with van der Waals surface area (Å²) in [5, 5.41) is 15.5. The monoisotopic (exact) mass is 392 g/mol. The number of guanidine groups is 1. The highest BCUT2D eigenvalue weighted by Crippen LogP contribution is 2.15. The third kappa shape index (κ3) is 6.74. The van der Waals surface area contributed by atoms with Gasteiger partial charge in [0.25, 0.3) is 0 Å². The van der Waals surface area contributed by atoms with Gasteiger partial charge in [-0.1, -0.05) is 6.42 Å². The minimum atomic E-state index is 0.670. The van der Waals surface area contributed by atoms with Crippen molar-refractivity contribution in [2.75, 3.05) is 46.6 Å². The Morgan fingerprint density at radius 1 is 1.18 bits per heavy atom. The minimum absolute atomic E-state index is 0.670. The maximum absolute atomic E-state index is 5.81. The first-order valence-electron chi connectivity index (χ1n) is 10.9. The van der Waals surface area contributed by atoms with Gasteiger partial charge in [-0.05, 0) is 38.0 Å². The SMILES string of the molecule is CN=C(NCCCOCC1CCOCC1)NCCc1nnc2n1CCCCC2. The van der Waals surface area contributed by atoms with Crippen molar-refractivity contribution in [3.05, 3.63) is 11.6 Å². The second-order valence-corrected chi connectivity index (χ2v) is 7.65. The van der Waals surface area contributed by atoms with Crippen molar-refractivity contribution in [1.29, 1.82) is 0 Å². The van der Waals surface area contributed by atoms with Crippen molar-refractivity contribution in [1.82, 2.24) is 25.4 Å². The van der Waals surface area contributed by atoms with Crippen molar-refractivity contribution < 1.29 is 9.47 Å². The Morgan fingerprint density at radius 3 is 2.89 bits per heavy atom. The zero-order valence-corrected chi connectivity index (χ0v) is 17.3. The maximum Gasteiger partial charge on any atom is 0.190 e. The Kier molecular flexibility index (Phi) is 9.03. The summed E-state index contributed by atoms with van der Waals surface area (Å²) in [5.41, 5.74) is 0. The number of aryl methyl sites for hydroxylation is 1. The fourth-order valence-corrected chi connectivity index (χ4v) is 3.79. The van der Waals surface area contributed by atoms with Crippen LogP contribution in [-0.2, 0) is 28.9 Å². The molecule has 0 atom stereocenters. The summed E-state index contributed by atoms with van der Waals surface area (Å²) in [7, 11) is 1.81. The third-order valence-corrected chi connectivity index (χ3v) is 5.50. The highest BCUT2D eigenvalue weighted by Gasteiger charge is 2.15. The van der Waals surface area contributed by atoms with Crippen LogP contribution in [0.1, 0.15) is 50.2 Å². The number of aromatic nitrogens is 3. The number of hydrogen-bond acceptors (Lipinski definition) is 5. The molecule has 8 heteroatoms. The second-order valence-electron chi connectivity index (χ2n) is 7.65. The molecule has 0 amide bonds. The van der Waals surface area contributed by atoms with Gasteiger partial charge in [0.15, 0.2) is 5.96 Å². The molecule has 1 aromatic rings. The lowest BCUT2D eigenvalue weighted by atomic mass is 10.0. The van der Waals surface area contributed by atoms with Crippen LogP contribution in [0.3, 0.4) is 0 Å². The molecular weight excluding hydrogens is 356 g/mol. The summed E-state index contributed by atoms with van der Waals surface area (Å²) in [6, 6.07) is 0. The Hall–Kier alpha value is -1.67. The molecular formula is C20H36N6O2. The molecule has 0 saturated carbocycles. The first kappa shape index (κ1) is 21.0. The highest BCUT2D eigenvalue weighted by atomic mass is 16.5. The number of ether oxygens (including phenoxy) is 2. The molecule has 2 aliphatic heterocycles. The van der Waals surface area contributed by atoms with Crippen molar-refractivity contribution in [2.45, 2.75) is 57.9 Å². The zero-order chi connectivity index (χ0) is 19.4. The summed E-state index contributed by atoms with van der Waals surface area (Å²) in [6.45, 7) is 6.13. The topological polar surface area (TPSA) is 85.6 Å². The van der Waals surface area contributed by atoms with Crippen LogP contribution in [0.15, 0.2) is 4.99 Å². The maximum atomic E-state index is 5.81. The van der Waals surface area contributed by atoms with Gasteiger partial charge >= 0.3 is 0 Å². The van der Waals surface area contributed by atoms with Crippen molar-refractivity contribution in [3.8, 4) is 0 Å². The predicted molar refractivity (Wildman–Crippen MR) is 110 cm³/mol. The van der Waals surface area contributed by atoms with Gasteiger partial charge in [-0.15, -0.1) is 10.2 Å². The van der Waals surface area contributed by atoms with Gasteiger partial charge < -0.3 is 24.7 Å². The lowest BCUT2D eigenvalue weighted by Crippen LogP contribution is -2.39. The van der Waals surface area contributed by atoms with Crippen LogP contribution < -0.4 is 10.6 Å². The summed E-state index contributed by atoms with van der Waals surface area (Å²) in [5.74, 6) is 3.74. The van der Waals surface area contributed by atoms with Crippen molar-refractivity contribution >= 4 is 5.96 Å². The molecule has 3 heterocycles. The third-order valence-electron chi connectivity index (χ3n) is 5.50. The van der Waals surface area contributed by atoms with E-state index in [0.717, 1.165) is 95.8 Å². The van der Waals surface area contributed by atoms with Crippen LogP contribution in [0.25, 0.3) is 0 Å². The average molecular weight is 393 g/mol. The van der Waals surface area contributed by atoms with Crippen LogP contribution in [0.5, 0.6) is 0 Å². The molecule has 0 bridgehead atoms. The number of hydrogen-bond donors (Lipinski definition) is 2. The Morgan fingerprint density at radius 2 is 2.04 bits per heavy atom. The molecule has 28 heavy (non-hydrogen) atoms. The summed E-state index contributed by atoms with van der Waals surface area (Å²) in [6.07, 6.45) is 8.89. The fourth-order valence-electron chi connectivity index (χ4n) is 3.79. The average Bonchev–Trinajstić information content (AvgIpc) is 2.96. The number of nitrogens with zero attached hydrogens (tertiary/aromatic N) is 4. The zero-order valence-electron chi connectivity index (χ0n) is 17.3. The molecule has 0 unspecified atom stereocenters. The molecule has 1 aromatic heterocycles. The first-order chi connectivity index (χ1) is 13.9. The Bertz CT molecular complexity index is 598. The van der Waals surface area contributed by atoms with Crippen LogP contribution in [-0.4, -0.2) is 67.3 Å². The molecule has 1 saturated heterocycles. The number of rotatable bonds is 9. The van der Waals surface area contributed by atoms with E-state index in [4.69, 9.17) is 9.47 Å². The highest BCUT2D eigenvalue weighted by molar-refractivity contribution is 5.79. The summed E-state index contributed by atoms with van der Waals surface area (Å²) >= 11 is 0. The predicted octanol–water partition coefficient (Wildman–Crippen LogP) is 1.55. The van der Waals surface area contributed by atoms with Crippen LogP contribution in [0.4, 0.5) is 0 Å². The van der Waals surface area contributed by atoms with E-state index in [9.17, 15) is 0 Å². The Balaban J connectivity index is 1.26. The quantitative estimate of drug-likeness (QED) is 0.377. The summed E-state index contributed by atoms with van der Waals surface area (Å²) in [4.78, 5) is 4.30. The van der Waals surface area contributed by atoms with Gasteiger partial charge in [0.2, 0.25) is 0 Å². The Labute approximate surface area is 168 Å². The number of fused-ring (bicyclic) bond motifs is 1. The molecule has 0 aromatic carbocycles. The van der Waals surface area contributed by atoms with E-state index in [0.29, 0.717) is 5.92 Å². The summed E-state index contributed by atoms with van der Waals surface area (Å²) < 4.78 is 13.5. The van der Waals surface area contributed by atoms with Gasteiger partial charge in [-0.3, -0.25) is 4.99 Å². The molecule has 2 aliphatic rings. The van der Waals surface area contributed by atoms with Crippen LogP contribution in [0.2, 0.25) is 0 Å². The first-order valence-corrected chi connectivity index (χ1v) is 10.9. The van der Waals surface area contributed by atoms with E-state index in [1.165, 1.54) is 19.3 Å². The molecule has 2 N–H and O–H groups in total. The van der Waals surface area contributed by atoms with E-state index >= 15 is 0 Å². The number of nitrogens with one attached hydrogen (secondary N) is 2.